The molecule has 0 spiro atoms. The van der Waals surface area contributed by atoms with Crippen LogP contribution in [-0.2, 0) is 13.0 Å². The van der Waals surface area contributed by atoms with Crippen LogP contribution in [0.4, 0.5) is 4.39 Å². The minimum absolute atomic E-state index is 0.182. The van der Waals surface area contributed by atoms with Crippen LogP contribution in [0.2, 0.25) is 0 Å². The first kappa shape index (κ1) is 13.8. The molecule has 100 valence electrons. The fourth-order valence-electron chi connectivity index (χ4n) is 2.36. The molecule has 0 amide bonds. The molecular formula is C17H20FN. The van der Waals surface area contributed by atoms with Crippen molar-refractivity contribution in [1.82, 2.24) is 5.32 Å². The molecule has 0 fully saturated rings. The Bertz CT molecular complexity index is 549. The first-order valence-electron chi connectivity index (χ1n) is 6.77. The Morgan fingerprint density at radius 3 is 2.68 bits per heavy atom. The third-order valence-corrected chi connectivity index (χ3v) is 3.21. The van der Waals surface area contributed by atoms with E-state index < -0.39 is 0 Å². The molecule has 0 atom stereocenters. The molecule has 2 aromatic carbocycles. The van der Waals surface area contributed by atoms with Crippen molar-refractivity contribution in [2.75, 3.05) is 7.05 Å². The van der Waals surface area contributed by atoms with Gasteiger partial charge in [-0.05, 0) is 47.9 Å². The minimum Gasteiger partial charge on any atom is -0.316 e. The van der Waals surface area contributed by atoms with Gasteiger partial charge >= 0.3 is 0 Å². The van der Waals surface area contributed by atoms with E-state index in [0.29, 0.717) is 6.54 Å². The molecule has 1 N–H and O–H groups in total. The van der Waals surface area contributed by atoms with E-state index in [1.807, 2.05) is 13.1 Å². The number of nitrogens with one attached hydrogen (secondary N) is 1. The number of rotatable bonds is 5. The van der Waals surface area contributed by atoms with E-state index in [0.717, 1.165) is 29.5 Å². The number of benzene rings is 2. The van der Waals surface area contributed by atoms with Gasteiger partial charge in [0.1, 0.15) is 5.82 Å². The summed E-state index contributed by atoms with van der Waals surface area (Å²) in [6.07, 6.45) is 2.21. The Morgan fingerprint density at radius 1 is 1.11 bits per heavy atom. The standard InChI is InChI=1S/C17H20FN/c1-3-5-13-6-4-7-14(10-13)17-9-8-16(18)11-15(17)12-19-2/h4,6-11,19H,3,5,12H2,1-2H3. The molecular weight excluding hydrogens is 237 g/mol. The molecule has 0 unspecified atom stereocenters. The van der Waals surface area contributed by atoms with Crippen molar-refractivity contribution in [3.8, 4) is 11.1 Å². The third-order valence-electron chi connectivity index (χ3n) is 3.21. The first-order valence-corrected chi connectivity index (χ1v) is 6.77. The lowest BCUT2D eigenvalue weighted by Gasteiger charge is -2.11. The quantitative estimate of drug-likeness (QED) is 0.848. The van der Waals surface area contributed by atoms with E-state index in [4.69, 9.17) is 0 Å². The Balaban J connectivity index is 2.42. The highest BCUT2D eigenvalue weighted by atomic mass is 19.1. The molecule has 0 radical (unpaired) electrons. The lowest BCUT2D eigenvalue weighted by molar-refractivity contribution is 0.624. The molecule has 2 rings (SSSR count). The number of hydrogen-bond donors (Lipinski definition) is 1. The van der Waals surface area contributed by atoms with Crippen LogP contribution < -0.4 is 5.32 Å². The second-order valence-corrected chi connectivity index (χ2v) is 4.78. The predicted molar refractivity (Wildman–Crippen MR) is 78.6 cm³/mol. The average Bonchev–Trinajstić information content (AvgIpc) is 2.40. The monoisotopic (exact) mass is 257 g/mol. The van der Waals surface area contributed by atoms with Crippen molar-refractivity contribution in [2.45, 2.75) is 26.3 Å². The van der Waals surface area contributed by atoms with Gasteiger partial charge in [-0.2, -0.15) is 0 Å². The van der Waals surface area contributed by atoms with Crippen LogP contribution in [0.25, 0.3) is 11.1 Å². The van der Waals surface area contributed by atoms with Crippen molar-refractivity contribution >= 4 is 0 Å². The van der Waals surface area contributed by atoms with Crippen LogP contribution in [-0.4, -0.2) is 7.05 Å². The molecule has 0 bridgehead atoms. The maximum absolute atomic E-state index is 13.4. The molecule has 0 saturated carbocycles. The van der Waals surface area contributed by atoms with Crippen molar-refractivity contribution in [3.05, 3.63) is 59.4 Å². The molecule has 0 aromatic heterocycles. The van der Waals surface area contributed by atoms with E-state index in [9.17, 15) is 4.39 Å². The van der Waals surface area contributed by atoms with E-state index >= 15 is 0 Å². The Morgan fingerprint density at radius 2 is 1.95 bits per heavy atom. The fourth-order valence-corrected chi connectivity index (χ4v) is 2.36. The summed E-state index contributed by atoms with van der Waals surface area (Å²) in [7, 11) is 1.88. The molecule has 1 nitrogen and oxygen atoms in total. The minimum atomic E-state index is -0.182. The highest BCUT2D eigenvalue weighted by molar-refractivity contribution is 5.68. The summed E-state index contributed by atoms with van der Waals surface area (Å²) in [6.45, 7) is 2.85. The largest absolute Gasteiger partial charge is 0.316 e. The zero-order valence-electron chi connectivity index (χ0n) is 11.5. The Hall–Kier alpha value is -1.67. The zero-order valence-corrected chi connectivity index (χ0v) is 11.5. The summed E-state index contributed by atoms with van der Waals surface area (Å²) in [5.74, 6) is -0.182. The van der Waals surface area contributed by atoms with Gasteiger partial charge < -0.3 is 5.32 Å². The summed E-state index contributed by atoms with van der Waals surface area (Å²) in [5, 5.41) is 3.09. The normalized spacial score (nSPS) is 10.7. The first-order chi connectivity index (χ1) is 9.24. The van der Waals surface area contributed by atoms with Gasteiger partial charge in [-0.1, -0.05) is 43.7 Å². The molecule has 0 saturated heterocycles. The van der Waals surface area contributed by atoms with Gasteiger partial charge in [0.15, 0.2) is 0 Å². The van der Waals surface area contributed by atoms with Crippen LogP contribution in [0.1, 0.15) is 24.5 Å². The van der Waals surface area contributed by atoms with Crippen molar-refractivity contribution < 1.29 is 4.39 Å². The smallest absolute Gasteiger partial charge is 0.123 e. The maximum Gasteiger partial charge on any atom is 0.123 e. The molecule has 2 aromatic rings. The summed E-state index contributed by atoms with van der Waals surface area (Å²) >= 11 is 0. The van der Waals surface area contributed by atoms with E-state index in [2.05, 4.69) is 36.5 Å². The second-order valence-electron chi connectivity index (χ2n) is 4.78. The van der Waals surface area contributed by atoms with Gasteiger partial charge in [-0.25, -0.2) is 4.39 Å². The van der Waals surface area contributed by atoms with Crippen molar-refractivity contribution in [1.29, 1.82) is 0 Å². The number of halogens is 1. The SMILES string of the molecule is CCCc1cccc(-c2ccc(F)cc2CNC)c1. The molecule has 0 aliphatic carbocycles. The summed E-state index contributed by atoms with van der Waals surface area (Å²) in [5.41, 5.74) is 4.60. The van der Waals surface area contributed by atoms with Gasteiger partial charge in [-0.15, -0.1) is 0 Å². The number of aryl methyl sites for hydroxylation is 1. The summed E-state index contributed by atoms with van der Waals surface area (Å²) in [6, 6.07) is 13.5. The van der Waals surface area contributed by atoms with E-state index in [1.54, 1.807) is 6.07 Å². The van der Waals surface area contributed by atoms with Crippen molar-refractivity contribution in [3.63, 3.8) is 0 Å². The van der Waals surface area contributed by atoms with Crippen LogP contribution in [0.5, 0.6) is 0 Å². The average molecular weight is 257 g/mol. The van der Waals surface area contributed by atoms with Crippen LogP contribution in [0.3, 0.4) is 0 Å². The third kappa shape index (κ3) is 3.42. The van der Waals surface area contributed by atoms with E-state index in [-0.39, 0.29) is 5.82 Å². The van der Waals surface area contributed by atoms with Gasteiger partial charge in [0.05, 0.1) is 0 Å². The lowest BCUT2D eigenvalue weighted by Crippen LogP contribution is -2.06. The van der Waals surface area contributed by atoms with Crippen LogP contribution in [0.15, 0.2) is 42.5 Å². The zero-order chi connectivity index (χ0) is 13.7. The maximum atomic E-state index is 13.4. The Labute approximate surface area is 114 Å². The molecule has 2 heteroatoms. The Kier molecular flexibility index (Phi) is 4.69. The molecule has 0 aliphatic heterocycles. The highest BCUT2D eigenvalue weighted by Crippen LogP contribution is 2.25. The molecule has 0 aliphatic rings. The predicted octanol–water partition coefficient (Wildman–Crippen LogP) is 4.16. The van der Waals surface area contributed by atoms with Gasteiger partial charge in [0.25, 0.3) is 0 Å². The van der Waals surface area contributed by atoms with E-state index in [1.165, 1.54) is 11.6 Å². The molecule has 0 heterocycles. The summed E-state index contributed by atoms with van der Waals surface area (Å²) in [4.78, 5) is 0. The lowest BCUT2D eigenvalue weighted by atomic mass is 9.97. The topological polar surface area (TPSA) is 12.0 Å². The van der Waals surface area contributed by atoms with Crippen LogP contribution in [0, 0.1) is 5.82 Å². The summed E-state index contributed by atoms with van der Waals surface area (Å²) < 4.78 is 13.4. The highest BCUT2D eigenvalue weighted by Gasteiger charge is 2.06. The van der Waals surface area contributed by atoms with Gasteiger partial charge in [0.2, 0.25) is 0 Å². The number of hydrogen-bond acceptors (Lipinski definition) is 1. The second kappa shape index (κ2) is 6.48. The van der Waals surface area contributed by atoms with Gasteiger partial charge in [-0.3, -0.25) is 0 Å². The van der Waals surface area contributed by atoms with Crippen LogP contribution >= 0.6 is 0 Å². The van der Waals surface area contributed by atoms with Gasteiger partial charge in [0, 0.05) is 6.54 Å². The van der Waals surface area contributed by atoms with Crippen molar-refractivity contribution in [2.24, 2.45) is 0 Å². The molecule has 19 heavy (non-hydrogen) atoms. The fraction of sp³-hybridized carbons (Fsp3) is 0.294.